The van der Waals surface area contributed by atoms with Crippen LogP contribution in [0.25, 0.3) is 5.78 Å². The van der Waals surface area contributed by atoms with E-state index in [0.29, 0.717) is 34.4 Å². The van der Waals surface area contributed by atoms with Gasteiger partial charge in [0.1, 0.15) is 0 Å². The van der Waals surface area contributed by atoms with Crippen molar-refractivity contribution in [3.05, 3.63) is 33.3 Å². The van der Waals surface area contributed by atoms with Crippen LogP contribution in [-0.4, -0.2) is 30.5 Å². The van der Waals surface area contributed by atoms with Gasteiger partial charge in [-0.2, -0.15) is 18.2 Å². The summed E-state index contributed by atoms with van der Waals surface area (Å²) in [4.78, 5) is 26.0. The van der Waals surface area contributed by atoms with Crippen LogP contribution >= 0.6 is 11.3 Å². The van der Waals surface area contributed by atoms with Gasteiger partial charge in [-0.05, 0) is 51.0 Å². The number of hydrogen-bond donors (Lipinski definition) is 1. The molecule has 7 nitrogen and oxygen atoms in total. The first-order chi connectivity index (χ1) is 15.2. The number of nitrogens with one attached hydrogen (secondary N) is 1. The Kier molecular flexibility index (Phi) is 6.19. The van der Waals surface area contributed by atoms with Crippen molar-refractivity contribution in [2.45, 2.75) is 71.9 Å². The number of amides is 1. The van der Waals surface area contributed by atoms with Crippen LogP contribution in [0.2, 0.25) is 0 Å². The summed E-state index contributed by atoms with van der Waals surface area (Å²) < 4.78 is 39.9. The number of halogens is 3. The van der Waals surface area contributed by atoms with Crippen molar-refractivity contribution in [1.29, 1.82) is 0 Å². The average molecular weight is 467 g/mol. The number of alkyl halides is 3. The smallest absolute Gasteiger partial charge is 0.302 e. The van der Waals surface area contributed by atoms with E-state index < -0.39 is 12.0 Å². The van der Waals surface area contributed by atoms with Crippen LogP contribution in [-0.2, 0) is 30.2 Å². The van der Waals surface area contributed by atoms with Gasteiger partial charge in [-0.15, -0.1) is 16.4 Å². The predicted molar refractivity (Wildman–Crippen MR) is 115 cm³/mol. The summed E-state index contributed by atoms with van der Waals surface area (Å²) in [6.07, 6.45) is 1.37. The molecule has 1 atom stereocenters. The number of rotatable bonds is 6. The summed E-state index contributed by atoms with van der Waals surface area (Å²) in [6, 6.07) is 0. The number of carbonyl (C=O) groups excluding carboxylic acids is 1. The van der Waals surface area contributed by atoms with E-state index in [9.17, 15) is 18.0 Å². The lowest BCUT2D eigenvalue weighted by Gasteiger charge is -2.19. The zero-order valence-electron chi connectivity index (χ0n) is 18.2. The molecule has 0 bridgehead atoms. The van der Waals surface area contributed by atoms with Gasteiger partial charge in [0.25, 0.3) is 11.6 Å². The van der Waals surface area contributed by atoms with Gasteiger partial charge in [-0.25, -0.2) is 14.5 Å². The molecule has 1 unspecified atom stereocenters. The van der Waals surface area contributed by atoms with E-state index in [4.69, 9.17) is 0 Å². The maximum absolute atomic E-state index is 12.9. The normalized spacial score (nSPS) is 16.4. The van der Waals surface area contributed by atoms with Gasteiger partial charge in [0.15, 0.2) is 5.13 Å². The van der Waals surface area contributed by atoms with Crippen LogP contribution in [0.3, 0.4) is 0 Å². The van der Waals surface area contributed by atoms with Crippen molar-refractivity contribution in [3.8, 4) is 0 Å². The molecule has 3 aromatic heterocycles. The van der Waals surface area contributed by atoms with E-state index >= 15 is 0 Å². The Morgan fingerprint density at radius 3 is 2.75 bits per heavy atom. The van der Waals surface area contributed by atoms with E-state index in [0.717, 1.165) is 29.5 Å². The maximum atomic E-state index is 12.9. The molecule has 0 fully saturated rings. The van der Waals surface area contributed by atoms with Gasteiger partial charge in [-0.1, -0.05) is 19.8 Å². The first-order valence-electron chi connectivity index (χ1n) is 10.7. The molecule has 0 saturated heterocycles. The van der Waals surface area contributed by atoms with E-state index in [-0.39, 0.29) is 18.1 Å². The van der Waals surface area contributed by atoms with Crippen LogP contribution in [0.1, 0.15) is 66.0 Å². The lowest BCUT2D eigenvalue weighted by atomic mass is 9.88. The third-order valence-electron chi connectivity index (χ3n) is 5.89. The van der Waals surface area contributed by atoms with Crippen molar-refractivity contribution in [2.75, 3.05) is 5.32 Å². The molecule has 1 aliphatic carbocycles. The summed E-state index contributed by atoms with van der Waals surface area (Å²) >= 11 is 1.54. The summed E-state index contributed by atoms with van der Waals surface area (Å²) in [5.41, 5.74) is 2.81. The van der Waals surface area contributed by atoms with Crippen LogP contribution in [0.4, 0.5) is 18.3 Å². The molecule has 0 spiro atoms. The molecule has 3 heterocycles. The van der Waals surface area contributed by atoms with Gasteiger partial charge >= 0.3 is 6.18 Å². The van der Waals surface area contributed by atoms with Gasteiger partial charge in [0, 0.05) is 22.7 Å². The maximum Gasteiger partial charge on any atom is 0.453 e. The van der Waals surface area contributed by atoms with Gasteiger partial charge < -0.3 is 5.32 Å². The Hall–Kier alpha value is -2.56. The largest absolute Gasteiger partial charge is 0.453 e. The molecule has 3 aromatic rings. The number of carbonyl (C=O) groups is 1. The number of thiazole rings is 1. The SMILES string of the molecule is CCCC1CCc2nc(NC(=O)CCc3c(C)nc4nc(C(F)(F)F)nn4c3C)sc2C1. The second kappa shape index (κ2) is 8.76. The second-order valence-electron chi connectivity index (χ2n) is 8.24. The molecule has 0 radical (unpaired) electrons. The zero-order chi connectivity index (χ0) is 23.0. The van der Waals surface area contributed by atoms with Crippen molar-refractivity contribution in [1.82, 2.24) is 24.6 Å². The van der Waals surface area contributed by atoms with E-state index in [2.05, 4.69) is 32.3 Å². The Morgan fingerprint density at radius 2 is 2.03 bits per heavy atom. The first-order valence-corrected chi connectivity index (χ1v) is 11.6. The standard InChI is InChI=1S/C21H25F3N6OS/c1-4-5-13-6-8-15-16(10-13)32-20(26-15)27-17(31)9-7-14-11(2)25-19-28-18(21(22,23)24)29-30(19)12(14)3/h13H,4-10H2,1-3H3,(H,26,27,31). The molecular weight excluding hydrogens is 441 g/mol. The van der Waals surface area contributed by atoms with Gasteiger partial charge in [-0.3, -0.25) is 4.79 Å². The fourth-order valence-corrected chi connectivity index (χ4v) is 5.40. The molecule has 172 valence electrons. The lowest BCUT2D eigenvalue weighted by molar-refractivity contribution is -0.144. The predicted octanol–water partition coefficient (Wildman–Crippen LogP) is 4.69. The van der Waals surface area contributed by atoms with Crippen LogP contribution < -0.4 is 5.32 Å². The monoisotopic (exact) mass is 466 g/mol. The Bertz CT molecular complexity index is 1150. The molecule has 0 aromatic carbocycles. The van der Waals surface area contributed by atoms with Crippen LogP contribution in [0, 0.1) is 19.8 Å². The van der Waals surface area contributed by atoms with Crippen molar-refractivity contribution in [2.24, 2.45) is 5.92 Å². The summed E-state index contributed by atoms with van der Waals surface area (Å²) in [5, 5.41) is 7.04. The number of aryl methyl sites for hydroxylation is 3. The molecule has 0 saturated carbocycles. The number of hydrogen-bond acceptors (Lipinski definition) is 6. The number of nitrogens with zero attached hydrogens (tertiary/aromatic N) is 5. The van der Waals surface area contributed by atoms with E-state index in [1.165, 1.54) is 17.7 Å². The Labute approximate surface area is 187 Å². The molecule has 0 aliphatic heterocycles. The quantitative estimate of drug-likeness (QED) is 0.570. The minimum atomic E-state index is -4.64. The highest BCUT2D eigenvalue weighted by molar-refractivity contribution is 7.15. The highest BCUT2D eigenvalue weighted by Gasteiger charge is 2.37. The average Bonchev–Trinajstić information content (AvgIpc) is 3.31. The third-order valence-corrected chi connectivity index (χ3v) is 6.92. The summed E-state index contributed by atoms with van der Waals surface area (Å²) in [5.74, 6) is -0.819. The molecular formula is C21H25F3N6OS. The Morgan fingerprint density at radius 1 is 1.25 bits per heavy atom. The molecule has 1 aliphatic rings. The molecule has 32 heavy (non-hydrogen) atoms. The Balaban J connectivity index is 1.43. The van der Waals surface area contributed by atoms with E-state index in [1.54, 1.807) is 25.2 Å². The zero-order valence-corrected chi connectivity index (χ0v) is 19.0. The second-order valence-corrected chi connectivity index (χ2v) is 9.32. The minimum absolute atomic E-state index is 0.102. The summed E-state index contributed by atoms with van der Waals surface area (Å²) in [6.45, 7) is 5.55. The van der Waals surface area contributed by atoms with Crippen molar-refractivity contribution in [3.63, 3.8) is 0 Å². The lowest BCUT2D eigenvalue weighted by Crippen LogP contribution is -2.14. The highest BCUT2D eigenvalue weighted by atomic mass is 32.1. The topological polar surface area (TPSA) is 85.1 Å². The molecule has 1 amide bonds. The van der Waals surface area contributed by atoms with Crippen molar-refractivity contribution >= 4 is 28.2 Å². The van der Waals surface area contributed by atoms with Crippen molar-refractivity contribution < 1.29 is 18.0 Å². The number of fused-ring (bicyclic) bond motifs is 2. The van der Waals surface area contributed by atoms with Gasteiger partial charge in [0.05, 0.1) is 5.69 Å². The van der Waals surface area contributed by atoms with E-state index in [1.807, 2.05) is 0 Å². The molecule has 4 rings (SSSR count). The first kappa shape index (κ1) is 22.6. The number of aromatic nitrogens is 5. The highest BCUT2D eigenvalue weighted by Crippen LogP contribution is 2.34. The fraction of sp³-hybridized carbons (Fsp3) is 0.571. The molecule has 11 heteroatoms. The third kappa shape index (κ3) is 4.62. The van der Waals surface area contributed by atoms with Crippen LogP contribution in [0.5, 0.6) is 0 Å². The fourth-order valence-electron chi connectivity index (χ4n) is 4.26. The summed E-state index contributed by atoms with van der Waals surface area (Å²) in [7, 11) is 0. The van der Waals surface area contributed by atoms with Crippen LogP contribution in [0.15, 0.2) is 0 Å². The minimum Gasteiger partial charge on any atom is -0.302 e. The number of anilines is 1. The van der Waals surface area contributed by atoms with Gasteiger partial charge in [0.2, 0.25) is 5.91 Å². The molecule has 1 N–H and O–H groups in total.